The fraction of sp³-hybridized carbons (Fsp3) is 0.465. The molecule has 0 atom stereocenters. The molecule has 540 valence electrons. The van der Waals surface area contributed by atoms with E-state index in [1.807, 2.05) is 184 Å². The molecule has 0 N–H and O–H groups in total. The van der Waals surface area contributed by atoms with E-state index in [0.717, 1.165) is 128 Å². The fourth-order valence-electron chi connectivity index (χ4n) is 9.67. The molecule has 10 rings (SSSR count). The zero-order valence-electron chi connectivity index (χ0n) is 62.6. The number of ether oxygens (including phenoxy) is 4. The first-order chi connectivity index (χ1) is 47.9. The molecular weight excluding hydrogens is 1220 g/mol. The lowest BCUT2D eigenvalue weighted by Gasteiger charge is -2.28. The second-order valence-corrected chi connectivity index (χ2v) is 20.4. The summed E-state index contributed by atoms with van der Waals surface area (Å²) in [6.07, 6.45) is 21.3. The third-order valence-electron chi connectivity index (χ3n) is 14.4. The Balaban J connectivity index is 0. The third kappa shape index (κ3) is 39.7. The minimum absolute atomic E-state index is 0. The monoisotopic (exact) mass is 1350 g/mol. The first kappa shape index (κ1) is 92.4. The van der Waals surface area contributed by atoms with Crippen LogP contribution in [0, 0.1) is 5.95 Å². The normalized spacial score (nSPS) is 11.3. The van der Waals surface area contributed by atoms with Crippen LogP contribution in [0.1, 0.15) is 208 Å². The number of anilines is 1. The summed E-state index contributed by atoms with van der Waals surface area (Å²) in [6.45, 7) is 39.5. The number of aryl methyl sites for hydroxylation is 4. The van der Waals surface area contributed by atoms with Gasteiger partial charge in [0.05, 0.1) is 39.6 Å². The lowest BCUT2D eigenvalue weighted by atomic mass is 9.98. The van der Waals surface area contributed by atoms with Gasteiger partial charge < -0.3 is 23.8 Å². The van der Waals surface area contributed by atoms with Crippen LogP contribution in [0.25, 0.3) is 22.3 Å². The van der Waals surface area contributed by atoms with Gasteiger partial charge in [-0.1, -0.05) is 227 Å². The summed E-state index contributed by atoms with van der Waals surface area (Å²) in [5, 5.41) is 0. The molecule has 6 heterocycles. The number of carbonyl (C=O) groups excluding carboxylic acids is 2. The molecule has 0 spiro atoms. The number of aromatic nitrogens is 4. The number of ketones is 2. The van der Waals surface area contributed by atoms with E-state index in [9.17, 15) is 14.0 Å². The van der Waals surface area contributed by atoms with Gasteiger partial charge in [-0.05, 0) is 155 Å². The second-order valence-electron chi connectivity index (χ2n) is 20.4. The number of morpholine rings is 1. The highest BCUT2D eigenvalue weighted by Crippen LogP contribution is 2.28. The molecule has 11 nitrogen and oxygen atoms in total. The number of rotatable bonds is 25. The van der Waals surface area contributed by atoms with Gasteiger partial charge in [-0.3, -0.25) is 19.6 Å². The number of nitrogens with zero attached hydrogens (tertiary/aromatic N) is 5. The molecule has 12 heteroatoms. The van der Waals surface area contributed by atoms with Crippen molar-refractivity contribution in [1.82, 2.24) is 19.9 Å². The molecule has 8 aromatic rings. The molecule has 0 unspecified atom stereocenters. The Bertz CT molecular complexity index is 3090. The van der Waals surface area contributed by atoms with Crippen molar-refractivity contribution in [2.45, 2.75) is 215 Å². The highest BCUT2D eigenvalue weighted by atomic mass is 19.1. The van der Waals surface area contributed by atoms with Gasteiger partial charge in [-0.2, -0.15) is 4.39 Å². The Kier molecular flexibility index (Phi) is 60.5. The SMILES string of the molecule is C.C1CCOCC1.CC.CC.CC.CC.CC.CC.CC.CC.O=C(CCc1ccc(COCCc2ccccc2-c2ccnc(F)c2)cc1)CCc1cccnc1.O=C(CCc1ccc(COCCc2ccccc2-c2ccnc(N3CCOCC3)c2)cc1)CCc1cccnc1. The summed E-state index contributed by atoms with van der Waals surface area (Å²) in [4.78, 5) is 43.2. The molecule has 2 saturated heterocycles. The molecule has 0 aliphatic carbocycles. The number of benzene rings is 4. The molecule has 0 radical (unpaired) electrons. The average Bonchev–Trinajstić information content (AvgIpc) is 0.841. The Morgan fingerprint density at radius 2 is 0.786 bits per heavy atom. The Hall–Kier alpha value is -7.61. The van der Waals surface area contributed by atoms with Crippen molar-refractivity contribution in [1.29, 1.82) is 0 Å². The van der Waals surface area contributed by atoms with Crippen LogP contribution < -0.4 is 4.90 Å². The molecular formula is C86H128FN5O6. The van der Waals surface area contributed by atoms with E-state index in [-0.39, 0.29) is 13.2 Å². The Labute approximate surface area is 595 Å². The molecule has 0 saturated carbocycles. The van der Waals surface area contributed by atoms with E-state index in [0.29, 0.717) is 57.9 Å². The zero-order valence-corrected chi connectivity index (χ0v) is 62.6. The first-order valence-corrected chi connectivity index (χ1v) is 36.7. The fourth-order valence-corrected chi connectivity index (χ4v) is 9.67. The number of Topliss-reactive ketones (excluding diaryl/α,β-unsaturated/α-hetero) is 2. The van der Waals surface area contributed by atoms with Crippen LogP contribution in [-0.4, -0.2) is 84.2 Å². The van der Waals surface area contributed by atoms with Crippen LogP contribution in [0.2, 0.25) is 0 Å². The summed E-state index contributed by atoms with van der Waals surface area (Å²) in [5.41, 5.74) is 13.4. The van der Waals surface area contributed by atoms with Crippen molar-refractivity contribution >= 4 is 17.4 Å². The Morgan fingerprint density at radius 1 is 0.408 bits per heavy atom. The van der Waals surface area contributed by atoms with Crippen molar-refractivity contribution in [2.24, 2.45) is 0 Å². The minimum Gasteiger partial charge on any atom is -0.381 e. The molecule has 2 fully saturated rings. The first-order valence-electron chi connectivity index (χ1n) is 36.7. The van der Waals surface area contributed by atoms with E-state index in [4.69, 9.17) is 18.9 Å². The number of hydrogen-bond acceptors (Lipinski definition) is 11. The highest BCUT2D eigenvalue weighted by Gasteiger charge is 2.15. The third-order valence-corrected chi connectivity index (χ3v) is 14.4. The number of halogens is 1. The van der Waals surface area contributed by atoms with Gasteiger partial charge in [0.1, 0.15) is 17.4 Å². The van der Waals surface area contributed by atoms with E-state index in [1.165, 1.54) is 53.8 Å². The molecule has 98 heavy (non-hydrogen) atoms. The van der Waals surface area contributed by atoms with Crippen LogP contribution in [0.4, 0.5) is 10.2 Å². The summed E-state index contributed by atoms with van der Waals surface area (Å²) in [6, 6.07) is 48.6. The van der Waals surface area contributed by atoms with Crippen LogP contribution in [0.3, 0.4) is 0 Å². The average molecular weight is 1350 g/mol. The van der Waals surface area contributed by atoms with Crippen molar-refractivity contribution in [2.75, 3.05) is 57.6 Å². The van der Waals surface area contributed by atoms with E-state index in [1.54, 1.807) is 12.4 Å². The summed E-state index contributed by atoms with van der Waals surface area (Å²) in [5.74, 6) is 1.09. The predicted octanol–water partition coefficient (Wildman–Crippen LogP) is 22.1. The number of pyridine rings is 4. The smallest absolute Gasteiger partial charge is 0.213 e. The highest BCUT2D eigenvalue weighted by molar-refractivity contribution is 5.79. The molecule has 0 amide bonds. The molecule has 4 aromatic heterocycles. The molecule has 2 aliphatic rings. The maximum Gasteiger partial charge on any atom is 0.213 e. The maximum atomic E-state index is 13.5. The summed E-state index contributed by atoms with van der Waals surface area (Å²) in [7, 11) is 0. The summed E-state index contributed by atoms with van der Waals surface area (Å²) >= 11 is 0. The molecule has 4 aromatic carbocycles. The van der Waals surface area contributed by atoms with Crippen molar-refractivity contribution < 1.29 is 32.9 Å². The molecule has 2 aliphatic heterocycles. The Morgan fingerprint density at radius 3 is 1.16 bits per heavy atom. The van der Waals surface area contributed by atoms with Crippen LogP contribution in [-0.2, 0) is 80.3 Å². The van der Waals surface area contributed by atoms with E-state index >= 15 is 0 Å². The van der Waals surface area contributed by atoms with Crippen molar-refractivity contribution in [3.05, 3.63) is 233 Å². The minimum atomic E-state index is -0.480. The second kappa shape index (κ2) is 64.1. The quantitative estimate of drug-likeness (QED) is 0.0401. The van der Waals surface area contributed by atoms with Crippen molar-refractivity contribution in [3.63, 3.8) is 0 Å². The van der Waals surface area contributed by atoms with Gasteiger partial charge in [-0.15, -0.1) is 0 Å². The van der Waals surface area contributed by atoms with Gasteiger partial charge in [0.15, 0.2) is 0 Å². The van der Waals surface area contributed by atoms with Gasteiger partial charge >= 0.3 is 0 Å². The van der Waals surface area contributed by atoms with Gasteiger partial charge in [0, 0.05) is 95.2 Å². The standard InChI is InChI=1S/C34H37N3O3.C30H29FN2O2.C5H10O.8C2H6.CH4/c38-32(14-12-28-4-3-17-35-25-28)13-11-27-7-9-29(10-8-27)26-40-21-16-30-5-1-2-6-33(30)31-15-18-36-34(24-31)37-19-22-39-23-20-37;31-30-20-27(15-18-33-30)29-6-2-1-5-26(29)16-19-35-22-25-9-7-23(8-10-25)11-13-28(34)14-12-24-4-3-17-32-21-24;1-2-4-6-5-3-1;8*1-2;/h1-10,15,17-18,24-25H,11-14,16,19-23,26H2;1-10,15,17-18,20-21H,11-14,16,19,22H2;1-5H2;8*1-2H3;1H4. The lowest BCUT2D eigenvalue weighted by molar-refractivity contribution is -0.119. The van der Waals surface area contributed by atoms with Crippen molar-refractivity contribution in [3.8, 4) is 22.3 Å². The van der Waals surface area contributed by atoms with E-state index in [2.05, 4.69) is 110 Å². The van der Waals surface area contributed by atoms with Gasteiger partial charge in [0.25, 0.3) is 0 Å². The van der Waals surface area contributed by atoms with E-state index < -0.39 is 5.95 Å². The lowest BCUT2D eigenvalue weighted by Crippen LogP contribution is -2.36. The van der Waals surface area contributed by atoms with Crippen LogP contribution >= 0.6 is 0 Å². The summed E-state index contributed by atoms with van der Waals surface area (Å²) < 4.78 is 36.1. The largest absolute Gasteiger partial charge is 0.381 e. The molecule has 0 bridgehead atoms. The topological polar surface area (TPSA) is 126 Å². The van der Waals surface area contributed by atoms with Gasteiger partial charge in [0.2, 0.25) is 5.95 Å². The zero-order chi connectivity index (χ0) is 71.9. The van der Waals surface area contributed by atoms with Crippen LogP contribution in [0.15, 0.2) is 183 Å². The van der Waals surface area contributed by atoms with Crippen LogP contribution in [0.5, 0.6) is 0 Å². The maximum absolute atomic E-state index is 13.5. The number of carbonyl (C=O) groups is 2. The predicted molar refractivity (Wildman–Crippen MR) is 416 cm³/mol. The number of hydrogen-bond donors (Lipinski definition) is 0. The van der Waals surface area contributed by atoms with Gasteiger partial charge in [-0.25, -0.2) is 9.97 Å².